The van der Waals surface area contributed by atoms with Gasteiger partial charge in [-0.2, -0.15) is 0 Å². The topological polar surface area (TPSA) is 34.1 Å². The van der Waals surface area contributed by atoms with Crippen molar-refractivity contribution in [1.82, 2.24) is 4.98 Å². The van der Waals surface area contributed by atoms with Crippen LogP contribution in [0.15, 0.2) is 54.6 Å². The maximum Gasteiger partial charge on any atom is 0.142 e. The Kier molecular flexibility index (Phi) is 3.73. The second kappa shape index (κ2) is 5.83. The number of anilines is 2. The molecule has 0 unspecified atom stereocenters. The Morgan fingerprint density at radius 2 is 1.81 bits per heavy atom. The molecule has 1 aromatic heterocycles. The molecule has 3 aromatic rings. The number of aromatic nitrogens is 1. The van der Waals surface area contributed by atoms with Gasteiger partial charge in [-0.3, -0.25) is 0 Å². The quantitative estimate of drug-likeness (QED) is 0.752. The predicted molar refractivity (Wildman–Crippen MR) is 87.4 cm³/mol. The van der Waals surface area contributed by atoms with Crippen LogP contribution in [0.3, 0.4) is 0 Å². The summed E-state index contributed by atoms with van der Waals surface area (Å²) in [7, 11) is 0. The van der Waals surface area contributed by atoms with Crippen molar-refractivity contribution in [2.45, 2.75) is 13.8 Å². The molecule has 3 rings (SSSR count). The molecule has 2 aromatic carbocycles. The summed E-state index contributed by atoms with van der Waals surface area (Å²) in [5, 5.41) is 4.54. The van der Waals surface area contributed by atoms with Crippen LogP contribution < -0.4 is 10.1 Å². The lowest BCUT2D eigenvalue weighted by molar-refractivity contribution is 0.342. The fourth-order valence-electron chi connectivity index (χ4n) is 2.40. The van der Waals surface area contributed by atoms with E-state index < -0.39 is 0 Å². The maximum absolute atomic E-state index is 5.64. The van der Waals surface area contributed by atoms with Crippen LogP contribution in [-0.4, -0.2) is 11.6 Å². The monoisotopic (exact) mass is 278 g/mol. The molecule has 106 valence electrons. The van der Waals surface area contributed by atoms with E-state index in [-0.39, 0.29) is 0 Å². The molecule has 0 fully saturated rings. The number of para-hydroxylation sites is 3. The minimum atomic E-state index is 0.642. The van der Waals surface area contributed by atoms with Gasteiger partial charge in [0.25, 0.3) is 0 Å². The van der Waals surface area contributed by atoms with Crippen molar-refractivity contribution in [3.05, 3.63) is 60.2 Å². The molecular formula is C18H18N2O. The van der Waals surface area contributed by atoms with Crippen LogP contribution >= 0.6 is 0 Å². The SMILES string of the molecule is CCOc1ccccc1Nc1cc(C)c2ccccc2n1. The van der Waals surface area contributed by atoms with Crippen molar-refractivity contribution in [2.75, 3.05) is 11.9 Å². The van der Waals surface area contributed by atoms with E-state index >= 15 is 0 Å². The smallest absolute Gasteiger partial charge is 0.142 e. The summed E-state index contributed by atoms with van der Waals surface area (Å²) in [5.41, 5.74) is 3.13. The fraction of sp³-hybridized carbons (Fsp3) is 0.167. The Morgan fingerprint density at radius 3 is 2.67 bits per heavy atom. The number of benzene rings is 2. The van der Waals surface area contributed by atoms with Gasteiger partial charge >= 0.3 is 0 Å². The van der Waals surface area contributed by atoms with Crippen LogP contribution in [0.4, 0.5) is 11.5 Å². The van der Waals surface area contributed by atoms with Gasteiger partial charge in [-0.15, -0.1) is 0 Å². The lowest BCUT2D eigenvalue weighted by Crippen LogP contribution is -1.99. The van der Waals surface area contributed by atoms with E-state index in [1.165, 1.54) is 10.9 Å². The Bertz CT molecular complexity index is 768. The minimum absolute atomic E-state index is 0.642. The van der Waals surface area contributed by atoms with Gasteiger partial charge in [0, 0.05) is 5.39 Å². The fourth-order valence-corrected chi connectivity index (χ4v) is 2.40. The number of nitrogens with zero attached hydrogens (tertiary/aromatic N) is 1. The van der Waals surface area contributed by atoms with Gasteiger partial charge in [-0.05, 0) is 43.7 Å². The number of hydrogen-bond acceptors (Lipinski definition) is 3. The molecule has 1 N–H and O–H groups in total. The largest absolute Gasteiger partial charge is 0.492 e. The van der Waals surface area contributed by atoms with Crippen molar-refractivity contribution in [3.8, 4) is 5.75 Å². The summed E-state index contributed by atoms with van der Waals surface area (Å²) in [4.78, 5) is 4.67. The van der Waals surface area contributed by atoms with Gasteiger partial charge < -0.3 is 10.1 Å². The molecule has 21 heavy (non-hydrogen) atoms. The van der Waals surface area contributed by atoms with Crippen molar-refractivity contribution in [2.24, 2.45) is 0 Å². The predicted octanol–water partition coefficient (Wildman–Crippen LogP) is 4.69. The summed E-state index contributed by atoms with van der Waals surface area (Å²) >= 11 is 0. The summed E-state index contributed by atoms with van der Waals surface area (Å²) in [6, 6.07) is 18.1. The third-order valence-electron chi connectivity index (χ3n) is 3.37. The van der Waals surface area contributed by atoms with Crippen LogP contribution in [0.5, 0.6) is 5.75 Å². The summed E-state index contributed by atoms with van der Waals surface area (Å²) in [6.45, 7) is 4.72. The zero-order valence-corrected chi connectivity index (χ0v) is 12.3. The number of aryl methyl sites for hydroxylation is 1. The molecule has 3 nitrogen and oxygen atoms in total. The summed E-state index contributed by atoms with van der Waals surface area (Å²) < 4.78 is 5.64. The Hall–Kier alpha value is -2.55. The van der Waals surface area contributed by atoms with E-state index in [0.29, 0.717) is 6.61 Å². The minimum Gasteiger partial charge on any atom is -0.492 e. The third kappa shape index (κ3) is 2.82. The number of hydrogen-bond donors (Lipinski definition) is 1. The molecule has 0 atom stereocenters. The first-order chi connectivity index (χ1) is 10.3. The molecule has 0 aliphatic rings. The highest BCUT2D eigenvalue weighted by atomic mass is 16.5. The molecule has 1 heterocycles. The van der Waals surface area contributed by atoms with Gasteiger partial charge in [-0.25, -0.2) is 4.98 Å². The standard InChI is InChI=1S/C18H18N2O/c1-3-21-17-11-7-6-10-16(17)20-18-12-13(2)14-8-4-5-9-15(14)19-18/h4-12H,3H2,1-2H3,(H,19,20). The lowest BCUT2D eigenvalue weighted by atomic mass is 10.1. The lowest BCUT2D eigenvalue weighted by Gasteiger charge is -2.13. The summed E-state index contributed by atoms with van der Waals surface area (Å²) in [6.07, 6.45) is 0. The first-order valence-corrected chi connectivity index (χ1v) is 7.13. The molecule has 0 aliphatic heterocycles. The molecule has 0 aliphatic carbocycles. The number of fused-ring (bicyclic) bond motifs is 1. The van der Waals surface area contributed by atoms with Gasteiger partial charge in [-0.1, -0.05) is 30.3 Å². The molecule has 0 amide bonds. The highest BCUT2D eigenvalue weighted by Crippen LogP contribution is 2.28. The Balaban J connectivity index is 1.99. The molecule has 0 saturated carbocycles. The van der Waals surface area contributed by atoms with Crippen molar-refractivity contribution in [1.29, 1.82) is 0 Å². The maximum atomic E-state index is 5.64. The first kappa shape index (κ1) is 13.4. The zero-order chi connectivity index (χ0) is 14.7. The third-order valence-corrected chi connectivity index (χ3v) is 3.37. The van der Waals surface area contributed by atoms with Gasteiger partial charge in [0.2, 0.25) is 0 Å². The number of pyridine rings is 1. The highest BCUT2D eigenvalue weighted by Gasteiger charge is 2.06. The zero-order valence-electron chi connectivity index (χ0n) is 12.3. The second-order valence-electron chi connectivity index (χ2n) is 4.90. The molecule has 0 radical (unpaired) electrons. The van der Waals surface area contributed by atoms with Crippen LogP contribution in [0.1, 0.15) is 12.5 Å². The van der Waals surface area contributed by atoms with E-state index in [1.54, 1.807) is 0 Å². The number of nitrogens with one attached hydrogen (secondary N) is 1. The molecule has 3 heteroatoms. The second-order valence-corrected chi connectivity index (χ2v) is 4.90. The number of rotatable bonds is 4. The van der Waals surface area contributed by atoms with Gasteiger partial charge in [0.05, 0.1) is 17.8 Å². The van der Waals surface area contributed by atoms with Crippen LogP contribution in [-0.2, 0) is 0 Å². The average molecular weight is 278 g/mol. The van der Waals surface area contributed by atoms with E-state index in [1.807, 2.05) is 49.4 Å². The Labute approximate surface area is 124 Å². The van der Waals surface area contributed by atoms with Crippen LogP contribution in [0.2, 0.25) is 0 Å². The summed E-state index contributed by atoms with van der Waals surface area (Å²) in [5.74, 6) is 1.67. The molecule has 0 spiro atoms. The normalized spacial score (nSPS) is 10.6. The van der Waals surface area contributed by atoms with E-state index in [9.17, 15) is 0 Å². The van der Waals surface area contributed by atoms with Crippen molar-refractivity contribution < 1.29 is 4.74 Å². The first-order valence-electron chi connectivity index (χ1n) is 7.13. The number of ether oxygens (including phenoxy) is 1. The highest BCUT2D eigenvalue weighted by molar-refractivity contribution is 5.84. The molecule has 0 saturated heterocycles. The van der Waals surface area contributed by atoms with E-state index in [0.717, 1.165) is 22.8 Å². The molecule has 0 bridgehead atoms. The average Bonchev–Trinajstić information content (AvgIpc) is 2.50. The van der Waals surface area contributed by atoms with Gasteiger partial charge in [0.15, 0.2) is 0 Å². The van der Waals surface area contributed by atoms with Crippen LogP contribution in [0.25, 0.3) is 10.9 Å². The van der Waals surface area contributed by atoms with Gasteiger partial charge in [0.1, 0.15) is 11.6 Å². The molecular weight excluding hydrogens is 260 g/mol. The van der Waals surface area contributed by atoms with E-state index in [4.69, 9.17) is 4.74 Å². The van der Waals surface area contributed by atoms with Crippen molar-refractivity contribution in [3.63, 3.8) is 0 Å². The van der Waals surface area contributed by atoms with Crippen molar-refractivity contribution >= 4 is 22.4 Å². The van der Waals surface area contributed by atoms with Crippen LogP contribution in [0, 0.1) is 6.92 Å². The Morgan fingerprint density at radius 1 is 1.05 bits per heavy atom. The van der Waals surface area contributed by atoms with E-state index in [2.05, 4.69) is 29.4 Å².